The third-order valence-corrected chi connectivity index (χ3v) is 6.20. The van der Waals surface area contributed by atoms with Gasteiger partial charge in [-0.2, -0.15) is 0 Å². The number of fused-ring (bicyclic) bond motifs is 1. The molecule has 6 nitrogen and oxygen atoms in total. The second-order valence-electron chi connectivity index (χ2n) is 8.23. The van der Waals surface area contributed by atoms with Crippen LogP contribution in [0.4, 0.5) is 11.6 Å². The summed E-state index contributed by atoms with van der Waals surface area (Å²) in [4.78, 5) is 16.4. The van der Waals surface area contributed by atoms with E-state index in [1.165, 1.54) is 11.1 Å². The predicted octanol–water partition coefficient (Wildman–Crippen LogP) is 3.18. The van der Waals surface area contributed by atoms with Gasteiger partial charge in [0.2, 0.25) is 0 Å². The van der Waals surface area contributed by atoms with Crippen molar-refractivity contribution < 1.29 is 5.11 Å². The molecule has 0 radical (unpaired) electrons. The molecule has 6 heteroatoms. The van der Waals surface area contributed by atoms with Crippen LogP contribution in [0.2, 0.25) is 0 Å². The summed E-state index contributed by atoms with van der Waals surface area (Å²) in [5.74, 6) is 3.37. The van der Waals surface area contributed by atoms with Crippen LogP contribution >= 0.6 is 0 Å². The minimum absolute atomic E-state index is 0.273. The van der Waals surface area contributed by atoms with Crippen molar-refractivity contribution in [1.29, 1.82) is 0 Å². The summed E-state index contributed by atoms with van der Waals surface area (Å²) in [6.45, 7) is 2.97. The van der Waals surface area contributed by atoms with Gasteiger partial charge in [0.05, 0.1) is 0 Å². The summed E-state index contributed by atoms with van der Waals surface area (Å²) in [5.41, 5.74) is 3.64. The van der Waals surface area contributed by atoms with Gasteiger partial charge in [-0.15, -0.1) is 0 Å². The third kappa shape index (κ3) is 4.14. The molecule has 0 saturated heterocycles. The van der Waals surface area contributed by atoms with Crippen molar-refractivity contribution >= 4 is 11.6 Å². The Morgan fingerprint density at radius 1 is 0.967 bits per heavy atom. The van der Waals surface area contributed by atoms with Gasteiger partial charge in [-0.3, -0.25) is 4.98 Å². The van der Waals surface area contributed by atoms with E-state index in [0.717, 1.165) is 56.2 Å². The van der Waals surface area contributed by atoms with Gasteiger partial charge in [-0.25, -0.2) is 9.97 Å². The average Bonchev–Trinajstić information content (AvgIpc) is 3.60. The summed E-state index contributed by atoms with van der Waals surface area (Å²) in [6.07, 6.45) is 4.89. The maximum absolute atomic E-state index is 9.31. The van der Waals surface area contributed by atoms with Gasteiger partial charge < -0.3 is 15.3 Å². The number of pyridine rings is 1. The molecule has 1 fully saturated rings. The molecule has 2 atom stereocenters. The van der Waals surface area contributed by atoms with Gasteiger partial charge in [0.1, 0.15) is 17.3 Å². The first-order valence-corrected chi connectivity index (χ1v) is 10.8. The Balaban J connectivity index is 1.41. The molecule has 3 heterocycles. The smallest absolute Gasteiger partial charge is 0.182 e. The fourth-order valence-corrected chi connectivity index (χ4v) is 4.21. The molecule has 154 valence electrons. The lowest BCUT2D eigenvalue weighted by molar-refractivity contribution is 0.270. The van der Waals surface area contributed by atoms with E-state index in [4.69, 9.17) is 9.97 Å². The Bertz CT molecular complexity index is 982. The lowest BCUT2D eigenvalue weighted by Crippen LogP contribution is -2.27. The SMILES string of the molecule is OC[C@H]1C[C@@H]1CNc1cc(N2CCc3ccccc3CC2)nc(-c2ccccn2)n1. The molecule has 5 rings (SSSR count). The number of hydrogen-bond acceptors (Lipinski definition) is 6. The normalized spacial score (nSPS) is 20.4. The number of rotatable bonds is 6. The predicted molar refractivity (Wildman–Crippen MR) is 118 cm³/mol. The highest BCUT2D eigenvalue weighted by Crippen LogP contribution is 2.37. The van der Waals surface area contributed by atoms with Gasteiger partial charge in [-0.05, 0) is 54.4 Å². The van der Waals surface area contributed by atoms with Crippen molar-refractivity contribution in [2.75, 3.05) is 36.5 Å². The molecular formula is C24H27N5O. The maximum atomic E-state index is 9.31. The molecule has 1 saturated carbocycles. The standard InChI is InChI=1S/C24H27N5O/c30-16-20-13-19(20)15-26-22-14-23(28-24(27-22)21-7-3-4-10-25-21)29-11-8-17-5-1-2-6-18(17)9-12-29/h1-7,10,14,19-20,30H,8-9,11-13,15-16H2,(H,26,27,28)/t19-,20-/m1/s1. The molecule has 3 aromatic rings. The first-order chi connectivity index (χ1) is 14.8. The van der Waals surface area contributed by atoms with E-state index >= 15 is 0 Å². The Hall–Kier alpha value is -2.99. The maximum Gasteiger partial charge on any atom is 0.182 e. The van der Waals surface area contributed by atoms with Crippen LogP contribution in [-0.2, 0) is 12.8 Å². The Morgan fingerprint density at radius 3 is 2.40 bits per heavy atom. The van der Waals surface area contributed by atoms with Crippen molar-refractivity contribution in [1.82, 2.24) is 15.0 Å². The van der Waals surface area contributed by atoms with Crippen molar-refractivity contribution in [3.8, 4) is 11.5 Å². The highest BCUT2D eigenvalue weighted by atomic mass is 16.3. The minimum atomic E-state index is 0.273. The molecule has 0 bridgehead atoms. The zero-order valence-electron chi connectivity index (χ0n) is 17.0. The zero-order valence-corrected chi connectivity index (χ0v) is 17.0. The van der Waals surface area contributed by atoms with Crippen LogP contribution in [0, 0.1) is 11.8 Å². The Morgan fingerprint density at radius 2 is 1.73 bits per heavy atom. The number of nitrogens with zero attached hydrogens (tertiary/aromatic N) is 4. The minimum Gasteiger partial charge on any atom is -0.396 e. The molecule has 0 spiro atoms. The van der Waals surface area contributed by atoms with Gasteiger partial charge in [0.15, 0.2) is 5.82 Å². The van der Waals surface area contributed by atoms with Gasteiger partial charge in [0, 0.05) is 38.5 Å². The molecule has 0 unspecified atom stereocenters. The Labute approximate surface area is 177 Å². The monoisotopic (exact) mass is 401 g/mol. The molecule has 2 aliphatic rings. The highest BCUT2D eigenvalue weighted by molar-refractivity contribution is 5.59. The molecule has 1 aliphatic carbocycles. The lowest BCUT2D eigenvalue weighted by Gasteiger charge is -2.22. The number of benzene rings is 1. The van der Waals surface area contributed by atoms with Gasteiger partial charge in [0.25, 0.3) is 0 Å². The van der Waals surface area contributed by atoms with E-state index in [9.17, 15) is 5.11 Å². The van der Waals surface area contributed by atoms with E-state index in [1.54, 1.807) is 6.20 Å². The van der Waals surface area contributed by atoms with E-state index < -0.39 is 0 Å². The van der Waals surface area contributed by atoms with Crippen molar-refractivity contribution in [2.24, 2.45) is 11.8 Å². The highest BCUT2D eigenvalue weighted by Gasteiger charge is 2.35. The first-order valence-electron chi connectivity index (χ1n) is 10.8. The average molecular weight is 402 g/mol. The topological polar surface area (TPSA) is 74.2 Å². The van der Waals surface area contributed by atoms with Crippen molar-refractivity contribution in [2.45, 2.75) is 19.3 Å². The van der Waals surface area contributed by atoms with Crippen LogP contribution in [0.1, 0.15) is 17.5 Å². The summed E-state index contributed by atoms with van der Waals surface area (Å²) in [5, 5.41) is 12.8. The number of anilines is 2. The fraction of sp³-hybridized carbons (Fsp3) is 0.375. The third-order valence-electron chi connectivity index (χ3n) is 6.20. The fourth-order valence-electron chi connectivity index (χ4n) is 4.21. The van der Waals surface area contributed by atoms with Gasteiger partial charge >= 0.3 is 0 Å². The van der Waals surface area contributed by atoms with E-state index in [0.29, 0.717) is 17.7 Å². The summed E-state index contributed by atoms with van der Waals surface area (Å²) >= 11 is 0. The zero-order chi connectivity index (χ0) is 20.3. The largest absolute Gasteiger partial charge is 0.396 e. The second kappa shape index (κ2) is 8.40. The molecule has 30 heavy (non-hydrogen) atoms. The first kappa shape index (κ1) is 19.0. The number of hydrogen-bond donors (Lipinski definition) is 2. The molecule has 0 amide bonds. The van der Waals surface area contributed by atoms with Gasteiger partial charge in [-0.1, -0.05) is 30.3 Å². The second-order valence-corrected chi connectivity index (χ2v) is 8.23. The summed E-state index contributed by atoms with van der Waals surface area (Å²) in [6, 6.07) is 16.6. The molecule has 1 aliphatic heterocycles. The van der Waals surface area contributed by atoms with Crippen LogP contribution in [0.5, 0.6) is 0 Å². The van der Waals surface area contributed by atoms with Crippen LogP contribution in [-0.4, -0.2) is 46.3 Å². The lowest BCUT2D eigenvalue weighted by atomic mass is 10.0. The molecule has 2 N–H and O–H groups in total. The summed E-state index contributed by atoms with van der Waals surface area (Å²) in [7, 11) is 0. The summed E-state index contributed by atoms with van der Waals surface area (Å²) < 4.78 is 0. The molecule has 1 aromatic carbocycles. The van der Waals surface area contributed by atoms with Crippen molar-refractivity contribution in [3.63, 3.8) is 0 Å². The quantitative estimate of drug-likeness (QED) is 0.661. The number of aliphatic hydroxyl groups is 1. The number of aromatic nitrogens is 3. The number of aliphatic hydroxyl groups excluding tert-OH is 1. The van der Waals surface area contributed by atoms with E-state index in [1.807, 2.05) is 18.2 Å². The van der Waals surface area contributed by atoms with Crippen LogP contribution in [0.25, 0.3) is 11.5 Å². The van der Waals surface area contributed by atoms with Crippen molar-refractivity contribution in [3.05, 3.63) is 65.9 Å². The number of nitrogens with one attached hydrogen (secondary N) is 1. The Kier molecular flexibility index (Phi) is 5.32. The van der Waals surface area contributed by atoms with Crippen LogP contribution in [0.15, 0.2) is 54.7 Å². The van der Waals surface area contributed by atoms with E-state index in [-0.39, 0.29) is 6.61 Å². The molecule has 2 aromatic heterocycles. The van der Waals surface area contributed by atoms with Crippen LogP contribution < -0.4 is 10.2 Å². The molecular weight excluding hydrogens is 374 g/mol. The van der Waals surface area contributed by atoms with Crippen LogP contribution in [0.3, 0.4) is 0 Å². The van der Waals surface area contributed by atoms with E-state index in [2.05, 4.69) is 45.5 Å².